The SMILES string of the molecule is CNCC(C)Oc1c(F)cc([N+](=O)[O-])c2cccnc12. The van der Waals surface area contributed by atoms with Crippen LogP contribution in [0.3, 0.4) is 0 Å². The van der Waals surface area contributed by atoms with Crippen LogP contribution >= 0.6 is 0 Å². The fraction of sp³-hybridized carbons (Fsp3) is 0.308. The third kappa shape index (κ3) is 2.67. The first-order chi connectivity index (χ1) is 9.54. The summed E-state index contributed by atoms with van der Waals surface area (Å²) in [5.74, 6) is -0.847. The minimum Gasteiger partial charge on any atom is -0.484 e. The summed E-state index contributed by atoms with van der Waals surface area (Å²) >= 11 is 0. The lowest BCUT2D eigenvalue weighted by Gasteiger charge is -2.16. The molecule has 0 aliphatic heterocycles. The Hall–Kier alpha value is -2.28. The number of pyridine rings is 1. The standard InChI is InChI=1S/C13H14FN3O3/c1-8(7-15-2)20-13-10(14)6-11(17(18)19)9-4-3-5-16-12(9)13/h3-6,8,15H,7H2,1-2H3. The molecule has 0 radical (unpaired) electrons. The number of halogens is 1. The molecule has 6 nitrogen and oxygen atoms in total. The molecule has 1 heterocycles. The smallest absolute Gasteiger partial charge is 0.281 e. The van der Waals surface area contributed by atoms with E-state index in [0.717, 1.165) is 6.07 Å². The van der Waals surface area contributed by atoms with Crippen LogP contribution in [0, 0.1) is 15.9 Å². The fourth-order valence-corrected chi connectivity index (χ4v) is 1.96. The topological polar surface area (TPSA) is 77.3 Å². The van der Waals surface area contributed by atoms with Crippen LogP contribution in [0.25, 0.3) is 10.9 Å². The third-order valence-electron chi connectivity index (χ3n) is 2.79. The van der Waals surface area contributed by atoms with Gasteiger partial charge in [-0.15, -0.1) is 0 Å². The molecule has 7 heteroatoms. The van der Waals surface area contributed by atoms with Crippen molar-refractivity contribution in [2.75, 3.05) is 13.6 Å². The van der Waals surface area contributed by atoms with Crippen molar-refractivity contribution in [2.24, 2.45) is 0 Å². The lowest BCUT2D eigenvalue weighted by Crippen LogP contribution is -2.26. The van der Waals surface area contributed by atoms with Crippen molar-refractivity contribution in [1.29, 1.82) is 0 Å². The number of ether oxygens (including phenoxy) is 1. The molecule has 0 saturated carbocycles. The van der Waals surface area contributed by atoms with Gasteiger partial charge in [0.25, 0.3) is 5.69 Å². The van der Waals surface area contributed by atoms with E-state index in [1.54, 1.807) is 20.0 Å². The van der Waals surface area contributed by atoms with Crippen molar-refractivity contribution in [3.8, 4) is 5.75 Å². The maximum Gasteiger partial charge on any atom is 0.281 e. The van der Waals surface area contributed by atoms with Gasteiger partial charge in [-0.3, -0.25) is 15.1 Å². The van der Waals surface area contributed by atoms with E-state index in [1.165, 1.54) is 12.3 Å². The van der Waals surface area contributed by atoms with E-state index in [0.29, 0.717) is 6.54 Å². The van der Waals surface area contributed by atoms with Crippen molar-refractivity contribution >= 4 is 16.6 Å². The maximum absolute atomic E-state index is 14.1. The molecule has 2 aromatic rings. The molecule has 2 rings (SSSR count). The van der Waals surface area contributed by atoms with E-state index in [4.69, 9.17) is 4.74 Å². The minimum absolute atomic E-state index is 0.0612. The third-order valence-corrected chi connectivity index (χ3v) is 2.79. The Morgan fingerprint density at radius 3 is 3.00 bits per heavy atom. The Kier molecular flexibility index (Phi) is 4.09. The number of nitrogens with zero attached hydrogens (tertiary/aromatic N) is 2. The molecular weight excluding hydrogens is 265 g/mol. The molecule has 0 amide bonds. The first-order valence-electron chi connectivity index (χ1n) is 6.07. The fourth-order valence-electron chi connectivity index (χ4n) is 1.96. The number of aromatic nitrogens is 1. The van der Waals surface area contributed by atoms with Gasteiger partial charge in [-0.05, 0) is 26.1 Å². The first-order valence-corrected chi connectivity index (χ1v) is 6.07. The van der Waals surface area contributed by atoms with Crippen LogP contribution in [0.5, 0.6) is 5.75 Å². The van der Waals surface area contributed by atoms with Gasteiger partial charge in [0.2, 0.25) is 0 Å². The summed E-state index contributed by atoms with van der Waals surface area (Å²) in [4.78, 5) is 14.3. The molecule has 0 aliphatic carbocycles. The van der Waals surface area contributed by atoms with Gasteiger partial charge in [-0.1, -0.05) is 0 Å². The number of rotatable bonds is 5. The summed E-state index contributed by atoms with van der Waals surface area (Å²) in [7, 11) is 1.75. The number of non-ortho nitro benzene ring substituents is 1. The van der Waals surface area contributed by atoms with Crippen LogP contribution in [0.4, 0.5) is 10.1 Å². The van der Waals surface area contributed by atoms with Crippen LogP contribution in [0.2, 0.25) is 0 Å². The van der Waals surface area contributed by atoms with Gasteiger partial charge in [0, 0.05) is 12.7 Å². The zero-order valence-electron chi connectivity index (χ0n) is 11.1. The molecule has 1 unspecified atom stereocenters. The predicted molar refractivity (Wildman–Crippen MR) is 72.4 cm³/mol. The highest BCUT2D eigenvalue weighted by Gasteiger charge is 2.22. The lowest BCUT2D eigenvalue weighted by atomic mass is 10.1. The number of nitro groups is 1. The van der Waals surface area contributed by atoms with Gasteiger partial charge in [-0.25, -0.2) is 4.39 Å². The number of likely N-dealkylation sites (N-methyl/N-ethyl adjacent to an activating group) is 1. The second kappa shape index (κ2) is 5.79. The normalized spacial score (nSPS) is 12.3. The number of fused-ring (bicyclic) bond motifs is 1. The summed E-state index contributed by atoms with van der Waals surface area (Å²) in [6, 6.07) is 3.95. The predicted octanol–water partition coefficient (Wildman–Crippen LogP) is 2.27. The van der Waals surface area contributed by atoms with Crippen LogP contribution in [-0.4, -0.2) is 29.6 Å². The van der Waals surface area contributed by atoms with Gasteiger partial charge in [-0.2, -0.15) is 0 Å². The molecule has 20 heavy (non-hydrogen) atoms. The second-order valence-corrected chi connectivity index (χ2v) is 4.35. The van der Waals surface area contributed by atoms with E-state index in [-0.39, 0.29) is 28.4 Å². The Morgan fingerprint density at radius 1 is 1.60 bits per heavy atom. The molecule has 1 aromatic heterocycles. The number of nitrogens with one attached hydrogen (secondary N) is 1. The molecule has 0 saturated heterocycles. The summed E-state index contributed by atoms with van der Waals surface area (Å²) in [5.41, 5.74) is -0.165. The van der Waals surface area contributed by atoms with Crippen molar-refractivity contribution in [2.45, 2.75) is 13.0 Å². The highest BCUT2D eigenvalue weighted by Crippen LogP contribution is 2.34. The van der Waals surface area contributed by atoms with Crippen molar-refractivity contribution in [3.05, 3.63) is 40.3 Å². The molecule has 0 fully saturated rings. The van der Waals surface area contributed by atoms with E-state index in [2.05, 4.69) is 10.3 Å². The van der Waals surface area contributed by atoms with Gasteiger partial charge in [0.1, 0.15) is 11.6 Å². The molecular formula is C13H14FN3O3. The molecule has 1 atom stereocenters. The number of benzene rings is 1. The molecule has 0 aliphatic rings. The first kappa shape index (κ1) is 14.1. The second-order valence-electron chi connectivity index (χ2n) is 4.35. The molecule has 106 valence electrons. The average Bonchev–Trinajstić information content (AvgIpc) is 2.41. The maximum atomic E-state index is 14.1. The largest absolute Gasteiger partial charge is 0.484 e. The summed E-state index contributed by atoms with van der Waals surface area (Å²) in [6.45, 7) is 2.29. The molecule has 0 spiro atoms. The van der Waals surface area contributed by atoms with E-state index < -0.39 is 10.7 Å². The number of hydrogen-bond donors (Lipinski definition) is 1. The Morgan fingerprint density at radius 2 is 2.35 bits per heavy atom. The lowest BCUT2D eigenvalue weighted by molar-refractivity contribution is -0.383. The quantitative estimate of drug-likeness (QED) is 0.671. The van der Waals surface area contributed by atoms with Crippen molar-refractivity contribution in [1.82, 2.24) is 10.3 Å². The average molecular weight is 279 g/mol. The number of hydrogen-bond acceptors (Lipinski definition) is 5. The van der Waals surface area contributed by atoms with Gasteiger partial charge < -0.3 is 10.1 Å². The summed E-state index contributed by atoms with van der Waals surface area (Å²) in [6.07, 6.45) is 1.15. The van der Waals surface area contributed by atoms with Crippen LogP contribution in [0.1, 0.15) is 6.92 Å². The summed E-state index contributed by atoms with van der Waals surface area (Å²) in [5, 5.41) is 14.1. The summed E-state index contributed by atoms with van der Waals surface area (Å²) < 4.78 is 19.6. The highest BCUT2D eigenvalue weighted by atomic mass is 19.1. The zero-order valence-corrected chi connectivity index (χ0v) is 11.1. The molecule has 0 bridgehead atoms. The van der Waals surface area contributed by atoms with Gasteiger partial charge in [0.15, 0.2) is 11.6 Å². The van der Waals surface area contributed by atoms with Crippen LogP contribution < -0.4 is 10.1 Å². The van der Waals surface area contributed by atoms with E-state index >= 15 is 0 Å². The van der Waals surface area contributed by atoms with Crippen molar-refractivity contribution < 1.29 is 14.1 Å². The minimum atomic E-state index is -0.786. The van der Waals surface area contributed by atoms with E-state index in [1.807, 2.05) is 0 Å². The Labute approximate surface area is 114 Å². The molecule has 1 aromatic carbocycles. The Balaban J connectivity index is 2.58. The highest BCUT2D eigenvalue weighted by molar-refractivity contribution is 5.92. The monoisotopic (exact) mass is 279 g/mol. The van der Waals surface area contributed by atoms with Crippen molar-refractivity contribution in [3.63, 3.8) is 0 Å². The van der Waals surface area contributed by atoms with Crippen LogP contribution in [-0.2, 0) is 0 Å². The molecule has 1 N–H and O–H groups in total. The van der Waals surface area contributed by atoms with Crippen LogP contribution in [0.15, 0.2) is 24.4 Å². The number of nitro benzene ring substituents is 1. The zero-order chi connectivity index (χ0) is 14.7. The Bertz CT molecular complexity index is 648. The van der Waals surface area contributed by atoms with Gasteiger partial charge >= 0.3 is 0 Å². The van der Waals surface area contributed by atoms with E-state index in [9.17, 15) is 14.5 Å². The van der Waals surface area contributed by atoms with Gasteiger partial charge in [0.05, 0.1) is 16.4 Å².